The smallest absolute Gasteiger partial charge is 0.392 e. The molecular weight excluding hydrogens is 487 g/mol. The predicted molar refractivity (Wildman–Crippen MR) is 121 cm³/mol. The number of aromatic nitrogens is 4. The maximum Gasteiger partial charge on any atom is 0.433 e. The third-order valence-corrected chi connectivity index (χ3v) is 7.28. The summed E-state index contributed by atoms with van der Waals surface area (Å²) in [5, 5.41) is 19.5. The molecule has 13 heteroatoms. The van der Waals surface area contributed by atoms with Crippen LogP contribution in [0.3, 0.4) is 0 Å². The van der Waals surface area contributed by atoms with Crippen LogP contribution in [0.5, 0.6) is 0 Å². The molecule has 4 rings (SSSR count). The fourth-order valence-electron chi connectivity index (χ4n) is 4.57. The van der Waals surface area contributed by atoms with E-state index < -0.39 is 46.0 Å². The number of halogens is 3. The molecule has 1 aromatic carbocycles. The van der Waals surface area contributed by atoms with Gasteiger partial charge >= 0.3 is 6.18 Å². The minimum Gasteiger partial charge on any atom is -0.392 e. The van der Waals surface area contributed by atoms with Gasteiger partial charge in [-0.25, -0.2) is 23.4 Å². The zero-order chi connectivity index (χ0) is 25.9. The SMILES string of the molecule is CC(C)[C@H]1c2nc3cc(CO)c(S(C)(=O)=O)cc3n2CCN1c1ncc([C@@H](C)O)c(C(F)(F)F)n1. The summed E-state index contributed by atoms with van der Waals surface area (Å²) >= 11 is 0. The lowest BCUT2D eigenvalue weighted by atomic mass is 10.00. The highest BCUT2D eigenvalue weighted by Crippen LogP contribution is 2.39. The van der Waals surface area contributed by atoms with Crippen LogP contribution >= 0.6 is 0 Å². The van der Waals surface area contributed by atoms with E-state index in [0.29, 0.717) is 23.4 Å². The Hall–Kier alpha value is -2.77. The van der Waals surface area contributed by atoms with Crippen molar-refractivity contribution in [2.75, 3.05) is 17.7 Å². The van der Waals surface area contributed by atoms with Gasteiger partial charge in [0, 0.05) is 31.1 Å². The number of hydrogen-bond acceptors (Lipinski definition) is 8. The van der Waals surface area contributed by atoms with Crippen LogP contribution in [0.25, 0.3) is 11.0 Å². The number of fused-ring (bicyclic) bond motifs is 3. The Bertz CT molecular complexity index is 1390. The summed E-state index contributed by atoms with van der Waals surface area (Å²) < 4.78 is 67.5. The van der Waals surface area contributed by atoms with Gasteiger partial charge < -0.3 is 19.7 Å². The summed E-state index contributed by atoms with van der Waals surface area (Å²) in [7, 11) is -3.61. The van der Waals surface area contributed by atoms with E-state index in [2.05, 4.69) is 15.0 Å². The van der Waals surface area contributed by atoms with Crippen LogP contribution in [0.4, 0.5) is 19.1 Å². The number of aliphatic hydroxyl groups excluding tert-OH is 2. The first kappa shape index (κ1) is 25.3. The van der Waals surface area contributed by atoms with Crippen molar-refractivity contribution in [3.8, 4) is 0 Å². The minimum atomic E-state index is -4.77. The molecule has 3 aromatic rings. The maximum atomic E-state index is 13.7. The van der Waals surface area contributed by atoms with Gasteiger partial charge in [-0.1, -0.05) is 13.8 Å². The molecule has 0 saturated heterocycles. The Kier molecular flexibility index (Phi) is 6.31. The molecular formula is C22H26F3N5O4S. The third-order valence-electron chi connectivity index (χ3n) is 6.11. The number of hydrogen-bond donors (Lipinski definition) is 2. The maximum absolute atomic E-state index is 13.7. The highest BCUT2D eigenvalue weighted by molar-refractivity contribution is 7.90. The molecule has 35 heavy (non-hydrogen) atoms. The Labute approximate surface area is 200 Å². The van der Waals surface area contributed by atoms with Crippen LogP contribution in [-0.2, 0) is 29.2 Å². The second-order valence-electron chi connectivity index (χ2n) is 9.03. The first-order valence-corrected chi connectivity index (χ1v) is 12.9. The number of rotatable bonds is 5. The van der Waals surface area contributed by atoms with Gasteiger partial charge in [0.2, 0.25) is 5.95 Å². The van der Waals surface area contributed by atoms with Gasteiger partial charge in [0.25, 0.3) is 0 Å². The largest absolute Gasteiger partial charge is 0.433 e. The van der Waals surface area contributed by atoms with E-state index in [1.54, 1.807) is 4.90 Å². The second kappa shape index (κ2) is 8.71. The molecule has 0 aliphatic carbocycles. The Morgan fingerprint density at radius 2 is 1.86 bits per heavy atom. The molecule has 1 aliphatic heterocycles. The lowest BCUT2D eigenvalue weighted by Gasteiger charge is -2.38. The Morgan fingerprint density at radius 3 is 2.40 bits per heavy atom. The van der Waals surface area contributed by atoms with Crippen molar-refractivity contribution in [3.63, 3.8) is 0 Å². The molecule has 190 valence electrons. The number of benzene rings is 1. The summed E-state index contributed by atoms with van der Waals surface area (Å²) in [6.07, 6.45) is -4.11. The molecule has 9 nitrogen and oxygen atoms in total. The Balaban J connectivity index is 1.88. The summed E-state index contributed by atoms with van der Waals surface area (Å²) in [4.78, 5) is 14.3. The van der Waals surface area contributed by atoms with Gasteiger partial charge in [-0.05, 0) is 30.5 Å². The molecule has 0 radical (unpaired) electrons. The molecule has 2 aromatic heterocycles. The number of nitrogens with zero attached hydrogens (tertiary/aromatic N) is 5. The molecule has 0 fully saturated rings. The second-order valence-corrected chi connectivity index (χ2v) is 11.0. The van der Waals surface area contributed by atoms with E-state index in [-0.39, 0.29) is 28.9 Å². The van der Waals surface area contributed by atoms with E-state index in [1.165, 1.54) is 19.1 Å². The number of aliphatic hydroxyl groups is 2. The van der Waals surface area contributed by atoms with Crippen molar-refractivity contribution >= 4 is 26.8 Å². The fourth-order valence-corrected chi connectivity index (χ4v) is 5.49. The first-order valence-electron chi connectivity index (χ1n) is 11.0. The lowest BCUT2D eigenvalue weighted by Crippen LogP contribution is -2.42. The minimum absolute atomic E-state index is 0.00518. The lowest BCUT2D eigenvalue weighted by molar-refractivity contribution is -0.142. The molecule has 0 bridgehead atoms. The van der Waals surface area contributed by atoms with E-state index in [0.717, 1.165) is 12.5 Å². The molecule has 2 atom stereocenters. The fraction of sp³-hybridized carbons (Fsp3) is 0.500. The summed E-state index contributed by atoms with van der Waals surface area (Å²) in [5.74, 6) is 0.283. The van der Waals surface area contributed by atoms with E-state index in [9.17, 15) is 31.8 Å². The molecule has 3 heterocycles. The molecule has 0 amide bonds. The van der Waals surface area contributed by atoms with Gasteiger partial charge in [-0.3, -0.25) is 0 Å². The van der Waals surface area contributed by atoms with Crippen LogP contribution < -0.4 is 4.90 Å². The molecule has 2 N–H and O–H groups in total. The van der Waals surface area contributed by atoms with Crippen molar-refractivity contribution in [2.45, 2.75) is 57.1 Å². The van der Waals surface area contributed by atoms with E-state index >= 15 is 0 Å². The van der Waals surface area contributed by atoms with Crippen molar-refractivity contribution in [1.29, 1.82) is 0 Å². The van der Waals surface area contributed by atoms with Crippen LogP contribution in [0, 0.1) is 5.92 Å². The highest BCUT2D eigenvalue weighted by Gasteiger charge is 2.40. The van der Waals surface area contributed by atoms with Crippen molar-refractivity contribution in [1.82, 2.24) is 19.5 Å². The van der Waals surface area contributed by atoms with Crippen molar-refractivity contribution in [2.24, 2.45) is 5.92 Å². The molecule has 1 aliphatic rings. The van der Waals surface area contributed by atoms with Crippen LogP contribution in [0.2, 0.25) is 0 Å². The van der Waals surface area contributed by atoms with Crippen molar-refractivity contribution < 1.29 is 31.8 Å². The van der Waals surface area contributed by atoms with Gasteiger partial charge in [-0.2, -0.15) is 13.2 Å². The van der Waals surface area contributed by atoms with Gasteiger partial charge in [-0.15, -0.1) is 0 Å². The first-order chi connectivity index (χ1) is 16.2. The number of imidazole rings is 1. The van der Waals surface area contributed by atoms with Crippen molar-refractivity contribution in [3.05, 3.63) is 41.0 Å². The zero-order valence-corrected chi connectivity index (χ0v) is 20.4. The summed E-state index contributed by atoms with van der Waals surface area (Å²) in [6, 6.07) is 2.50. The van der Waals surface area contributed by atoms with E-state index in [4.69, 9.17) is 0 Å². The number of sulfone groups is 1. The quantitative estimate of drug-likeness (QED) is 0.534. The monoisotopic (exact) mass is 513 g/mol. The Morgan fingerprint density at radius 1 is 1.17 bits per heavy atom. The average molecular weight is 514 g/mol. The summed E-state index contributed by atoms with van der Waals surface area (Å²) in [5.41, 5.74) is -0.337. The highest BCUT2D eigenvalue weighted by atomic mass is 32.2. The third kappa shape index (κ3) is 4.47. The predicted octanol–water partition coefficient (Wildman–Crippen LogP) is 3.01. The number of alkyl halides is 3. The standard InChI is InChI=1S/C22H26F3N5O4S/c1-11(2)18-20-27-15-7-13(10-31)17(35(4,33)34)8-16(15)29(20)5-6-30(18)21-26-9-14(12(3)32)19(28-21)22(23,24)25/h7-9,11-12,18,31-32H,5-6,10H2,1-4H3/t12-,18+/m1/s1. The van der Waals surface area contributed by atoms with Gasteiger partial charge in [0.15, 0.2) is 15.5 Å². The molecule has 0 saturated carbocycles. The van der Waals surface area contributed by atoms with Gasteiger partial charge in [0.1, 0.15) is 5.82 Å². The topological polar surface area (TPSA) is 121 Å². The molecule has 0 spiro atoms. The van der Waals surface area contributed by atoms with Crippen LogP contribution in [-0.4, -0.2) is 51.0 Å². The normalized spacial score (nSPS) is 17.8. The van der Waals surface area contributed by atoms with E-state index in [1.807, 2.05) is 18.4 Å². The van der Waals surface area contributed by atoms with Crippen LogP contribution in [0.1, 0.15) is 55.6 Å². The molecule has 0 unspecified atom stereocenters. The number of anilines is 1. The summed E-state index contributed by atoms with van der Waals surface area (Å²) in [6.45, 7) is 5.08. The average Bonchev–Trinajstić information content (AvgIpc) is 3.13. The zero-order valence-electron chi connectivity index (χ0n) is 19.6. The van der Waals surface area contributed by atoms with Crippen LogP contribution in [0.15, 0.2) is 23.2 Å². The van der Waals surface area contributed by atoms with Gasteiger partial charge in [0.05, 0.1) is 34.7 Å².